The normalized spacial score (nSPS) is 15.6. The molecule has 0 aliphatic heterocycles. The summed E-state index contributed by atoms with van der Waals surface area (Å²) in [6.45, 7) is 7.21. The monoisotopic (exact) mass is 381 g/mol. The molecule has 0 N–H and O–H groups in total. The predicted molar refractivity (Wildman–Crippen MR) is 116 cm³/mol. The second kappa shape index (κ2) is 10.4. The van der Waals surface area contributed by atoms with Gasteiger partial charge in [0.2, 0.25) is 0 Å². The fraction of sp³-hybridized carbons (Fsp3) is 0.480. The molecule has 0 unspecified atom stereocenters. The maximum absolute atomic E-state index is 12.7. The summed E-state index contributed by atoms with van der Waals surface area (Å²) in [7, 11) is 4.19. The smallest absolute Gasteiger partial charge is 0.306 e. The van der Waals surface area contributed by atoms with Gasteiger partial charge in [0.1, 0.15) is 5.60 Å². The molecule has 3 heteroatoms. The summed E-state index contributed by atoms with van der Waals surface area (Å²) in [4.78, 5) is 14.9. The van der Waals surface area contributed by atoms with Crippen LogP contribution in [-0.4, -0.2) is 31.5 Å². The Morgan fingerprint density at radius 2 is 1.57 bits per heavy atom. The summed E-state index contributed by atoms with van der Waals surface area (Å²) >= 11 is 0. The molecule has 0 saturated carbocycles. The molecule has 2 aromatic rings. The van der Waals surface area contributed by atoms with Crippen molar-refractivity contribution >= 4 is 5.97 Å². The van der Waals surface area contributed by atoms with Crippen molar-refractivity contribution in [1.82, 2.24) is 4.90 Å². The zero-order valence-electron chi connectivity index (χ0n) is 18.0. The molecule has 0 amide bonds. The first kappa shape index (κ1) is 22.2. The minimum absolute atomic E-state index is 0.146. The van der Waals surface area contributed by atoms with Crippen molar-refractivity contribution < 1.29 is 9.53 Å². The Morgan fingerprint density at radius 1 is 1.00 bits per heavy atom. The van der Waals surface area contributed by atoms with Gasteiger partial charge in [0.05, 0.1) is 0 Å². The summed E-state index contributed by atoms with van der Waals surface area (Å²) in [5.74, 6) is 0.424. The molecule has 3 atom stereocenters. The third-order valence-corrected chi connectivity index (χ3v) is 5.65. The second-order valence-electron chi connectivity index (χ2n) is 8.00. The van der Waals surface area contributed by atoms with E-state index < -0.39 is 5.60 Å². The van der Waals surface area contributed by atoms with E-state index in [1.807, 2.05) is 31.2 Å². The van der Waals surface area contributed by atoms with Crippen molar-refractivity contribution in [2.45, 2.75) is 45.6 Å². The van der Waals surface area contributed by atoms with E-state index in [2.05, 4.69) is 69.2 Å². The van der Waals surface area contributed by atoms with Crippen LogP contribution in [0.4, 0.5) is 0 Å². The standard InChI is InChI=1S/C25H35NO2/c1-6-20(3)23(19-26(4)5)25(28-24(27)7-2,22-16-12-9-13-17-22)18-21-14-10-8-11-15-21/h8-17,20,23H,6-7,18-19H2,1-5H3/t20-,23-,25+/m1/s1. The molecule has 0 spiro atoms. The minimum atomic E-state index is -0.699. The van der Waals surface area contributed by atoms with E-state index in [4.69, 9.17) is 4.74 Å². The molecule has 2 aromatic carbocycles. The average molecular weight is 382 g/mol. The Kier molecular flexibility index (Phi) is 8.25. The van der Waals surface area contributed by atoms with Crippen LogP contribution in [0.15, 0.2) is 60.7 Å². The lowest BCUT2D eigenvalue weighted by atomic mass is 9.70. The molecule has 0 saturated heterocycles. The number of ether oxygens (including phenoxy) is 1. The van der Waals surface area contributed by atoms with Crippen molar-refractivity contribution in [3.63, 3.8) is 0 Å². The molecule has 0 heterocycles. The van der Waals surface area contributed by atoms with Crippen LogP contribution in [0, 0.1) is 11.8 Å². The molecule has 2 rings (SSSR count). The van der Waals surface area contributed by atoms with E-state index >= 15 is 0 Å². The van der Waals surface area contributed by atoms with E-state index in [0.29, 0.717) is 18.8 Å². The first-order chi connectivity index (χ1) is 13.4. The van der Waals surface area contributed by atoms with Gasteiger partial charge in [0.25, 0.3) is 0 Å². The number of nitrogens with zero attached hydrogens (tertiary/aromatic N) is 1. The number of carbonyl (C=O) groups is 1. The van der Waals surface area contributed by atoms with Crippen LogP contribution in [0.25, 0.3) is 0 Å². The number of benzene rings is 2. The fourth-order valence-corrected chi connectivity index (χ4v) is 3.98. The molecule has 0 aliphatic rings. The highest BCUT2D eigenvalue weighted by atomic mass is 16.6. The van der Waals surface area contributed by atoms with Crippen LogP contribution in [0.5, 0.6) is 0 Å². The zero-order valence-corrected chi connectivity index (χ0v) is 18.0. The van der Waals surface area contributed by atoms with E-state index in [1.165, 1.54) is 5.56 Å². The van der Waals surface area contributed by atoms with Gasteiger partial charge in [-0.05, 0) is 31.1 Å². The van der Waals surface area contributed by atoms with Gasteiger partial charge < -0.3 is 9.64 Å². The van der Waals surface area contributed by atoms with Gasteiger partial charge >= 0.3 is 5.97 Å². The Labute approximate surface area is 170 Å². The third kappa shape index (κ3) is 5.45. The molecule has 0 bridgehead atoms. The Hall–Kier alpha value is -2.13. The number of hydrogen-bond acceptors (Lipinski definition) is 3. The molecule has 3 nitrogen and oxygen atoms in total. The molecule has 0 radical (unpaired) electrons. The van der Waals surface area contributed by atoms with E-state index in [1.54, 1.807) is 0 Å². The Morgan fingerprint density at radius 3 is 2.07 bits per heavy atom. The van der Waals surface area contributed by atoms with E-state index in [9.17, 15) is 4.79 Å². The zero-order chi connectivity index (χ0) is 20.6. The summed E-state index contributed by atoms with van der Waals surface area (Å²) in [6, 6.07) is 20.7. The van der Waals surface area contributed by atoms with Gasteiger partial charge in [-0.1, -0.05) is 87.9 Å². The molecular weight excluding hydrogens is 346 g/mol. The minimum Gasteiger partial charge on any atom is -0.453 e. The molecule has 0 aromatic heterocycles. The first-order valence-electron chi connectivity index (χ1n) is 10.4. The molecule has 28 heavy (non-hydrogen) atoms. The van der Waals surface area contributed by atoms with Gasteiger partial charge in [0, 0.05) is 25.3 Å². The topological polar surface area (TPSA) is 29.5 Å². The van der Waals surface area contributed by atoms with E-state index in [0.717, 1.165) is 18.5 Å². The summed E-state index contributed by atoms with van der Waals surface area (Å²) in [6.07, 6.45) is 2.08. The van der Waals surface area contributed by atoms with Gasteiger partial charge in [-0.15, -0.1) is 0 Å². The van der Waals surface area contributed by atoms with Gasteiger partial charge in [-0.3, -0.25) is 4.79 Å². The lowest BCUT2D eigenvalue weighted by Crippen LogP contribution is -2.48. The Bertz CT molecular complexity index is 714. The van der Waals surface area contributed by atoms with Crippen molar-refractivity contribution in [3.8, 4) is 0 Å². The molecular formula is C25H35NO2. The molecule has 0 aliphatic carbocycles. The van der Waals surface area contributed by atoms with Crippen LogP contribution < -0.4 is 0 Å². The summed E-state index contributed by atoms with van der Waals surface area (Å²) in [5.41, 5.74) is 1.56. The van der Waals surface area contributed by atoms with Crippen molar-refractivity contribution in [1.29, 1.82) is 0 Å². The van der Waals surface area contributed by atoms with Crippen molar-refractivity contribution in [2.24, 2.45) is 11.8 Å². The highest BCUT2D eigenvalue weighted by molar-refractivity contribution is 5.70. The number of rotatable bonds is 10. The van der Waals surface area contributed by atoms with Crippen molar-refractivity contribution in [3.05, 3.63) is 71.8 Å². The Balaban J connectivity index is 2.67. The fourth-order valence-electron chi connectivity index (χ4n) is 3.98. The summed E-state index contributed by atoms with van der Waals surface area (Å²) < 4.78 is 6.40. The molecule has 0 fully saturated rings. The summed E-state index contributed by atoms with van der Waals surface area (Å²) in [5, 5.41) is 0. The highest BCUT2D eigenvalue weighted by Crippen LogP contribution is 2.43. The first-order valence-corrected chi connectivity index (χ1v) is 10.4. The third-order valence-electron chi connectivity index (χ3n) is 5.65. The quantitative estimate of drug-likeness (QED) is 0.523. The van der Waals surface area contributed by atoms with Gasteiger partial charge in [-0.25, -0.2) is 0 Å². The number of carbonyl (C=O) groups excluding carboxylic acids is 1. The van der Waals surface area contributed by atoms with Crippen LogP contribution in [-0.2, 0) is 21.6 Å². The van der Waals surface area contributed by atoms with Crippen LogP contribution >= 0.6 is 0 Å². The van der Waals surface area contributed by atoms with Crippen molar-refractivity contribution in [2.75, 3.05) is 20.6 Å². The van der Waals surface area contributed by atoms with Crippen LogP contribution in [0.1, 0.15) is 44.7 Å². The lowest BCUT2D eigenvalue weighted by Gasteiger charge is -2.44. The SMILES string of the molecule is CCC(=O)O[C@@](Cc1ccccc1)(c1ccccc1)[C@H](CN(C)C)[C@H](C)CC. The molecule has 152 valence electrons. The second-order valence-corrected chi connectivity index (χ2v) is 8.00. The number of hydrogen-bond donors (Lipinski definition) is 0. The largest absolute Gasteiger partial charge is 0.453 e. The lowest BCUT2D eigenvalue weighted by molar-refractivity contribution is -0.172. The maximum atomic E-state index is 12.7. The van der Waals surface area contributed by atoms with Gasteiger partial charge in [-0.2, -0.15) is 0 Å². The maximum Gasteiger partial charge on any atom is 0.306 e. The van der Waals surface area contributed by atoms with Gasteiger partial charge in [0.15, 0.2) is 0 Å². The highest BCUT2D eigenvalue weighted by Gasteiger charge is 2.46. The van der Waals surface area contributed by atoms with E-state index in [-0.39, 0.29) is 11.9 Å². The van der Waals surface area contributed by atoms with Crippen LogP contribution in [0.2, 0.25) is 0 Å². The average Bonchev–Trinajstić information content (AvgIpc) is 2.72. The number of esters is 1. The van der Waals surface area contributed by atoms with Crippen LogP contribution in [0.3, 0.4) is 0 Å². The predicted octanol–water partition coefficient (Wildman–Crippen LogP) is 5.30.